The lowest BCUT2D eigenvalue weighted by Gasteiger charge is -2.23. The van der Waals surface area contributed by atoms with Crippen molar-refractivity contribution in [3.05, 3.63) is 11.6 Å². The quantitative estimate of drug-likeness (QED) is 0.511. The van der Waals surface area contributed by atoms with Gasteiger partial charge in [-0.2, -0.15) is 0 Å². The Kier molecular flexibility index (Phi) is 5.07. The smallest absolute Gasteiger partial charge is 0.184 e. The number of hydrogen-bond donors (Lipinski definition) is 0. The van der Waals surface area contributed by atoms with Gasteiger partial charge in [0, 0.05) is 0 Å². The van der Waals surface area contributed by atoms with E-state index in [1.54, 1.807) is 5.57 Å². The number of rotatable bonds is 4. The standard InChI is InChI=1S/C13H26OSi/c1-12(10-11-14-15(2,3)4)13-8-6-5-7-9-13/h10,13H,5-9,11H2,1-4H3/b12-10+. The minimum Gasteiger partial charge on any atom is -0.414 e. The Bertz CT molecular complexity index is 209. The summed E-state index contributed by atoms with van der Waals surface area (Å²) in [4.78, 5) is 0. The fraction of sp³-hybridized carbons (Fsp3) is 0.846. The third kappa shape index (κ3) is 5.52. The van der Waals surface area contributed by atoms with Crippen LogP contribution in [0.4, 0.5) is 0 Å². The summed E-state index contributed by atoms with van der Waals surface area (Å²) < 4.78 is 5.85. The van der Waals surface area contributed by atoms with Crippen molar-refractivity contribution in [2.24, 2.45) is 5.92 Å². The molecule has 15 heavy (non-hydrogen) atoms. The molecular weight excluding hydrogens is 200 g/mol. The maximum Gasteiger partial charge on any atom is 0.184 e. The van der Waals surface area contributed by atoms with Crippen molar-refractivity contribution in [1.29, 1.82) is 0 Å². The number of allylic oxidation sites excluding steroid dienone is 1. The van der Waals surface area contributed by atoms with Crippen LogP contribution < -0.4 is 0 Å². The highest BCUT2D eigenvalue weighted by Crippen LogP contribution is 2.29. The molecule has 0 aromatic carbocycles. The van der Waals surface area contributed by atoms with E-state index in [-0.39, 0.29) is 0 Å². The van der Waals surface area contributed by atoms with Crippen LogP contribution in [-0.2, 0) is 4.43 Å². The van der Waals surface area contributed by atoms with E-state index in [0.29, 0.717) is 0 Å². The zero-order valence-corrected chi connectivity index (χ0v) is 11.8. The van der Waals surface area contributed by atoms with Crippen molar-refractivity contribution in [3.63, 3.8) is 0 Å². The Labute approximate surface area is 96.0 Å². The molecule has 0 aliphatic heterocycles. The molecule has 0 aromatic heterocycles. The van der Waals surface area contributed by atoms with Gasteiger partial charge in [0.2, 0.25) is 0 Å². The van der Waals surface area contributed by atoms with Crippen LogP contribution in [0.1, 0.15) is 39.0 Å². The molecule has 0 atom stereocenters. The van der Waals surface area contributed by atoms with Crippen LogP contribution >= 0.6 is 0 Å². The summed E-state index contributed by atoms with van der Waals surface area (Å²) in [6.45, 7) is 9.85. The molecule has 0 aromatic rings. The lowest BCUT2D eigenvalue weighted by atomic mass is 9.84. The van der Waals surface area contributed by atoms with Crippen LogP contribution in [0.5, 0.6) is 0 Å². The summed E-state index contributed by atoms with van der Waals surface area (Å²) >= 11 is 0. The minimum atomic E-state index is -1.32. The van der Waals surface area contributed by atoms with Crippen molar-refractivity contribution < 1.29 is 4.43 Å². The molecule has 1 saturated carbocycles. The van der Waals surface area contributed by atoms with E-state index >= 15 is 0 Å². The predicted molar refractivity (Wildman–Crippen MR) is 69.6 cm³/mol. The Hall–Kier alpha value is -0.0831. The topological polar surface area (TPSA) is 9.23 Å². The van der Waals surface area contributed by atoms with Gasteiger partial charge in [-0.05, 0) is 45.3 Å². The summed E-state index contributed by atoms with van der Waals surface area (Å²) in [5, 5.41) is 0. The zero-order chi connectivity index (χ0) is 11.3. The van der Waals surface area contributed by atoms with Gasteiger partial charge < -0.3 is 4.43 Å². The van der Waals surface area contributed by atoms with Gasteiger partial charge in [-0.1, -0.05) is 30.9 Å². The lowest BCUT2D eigenvalue weighted by Crippen LogP contribution is -2.25. The molecule has 1 aliphatic carbocycles. The molecule has 1 nitrogen and oxygen atoms in total. The van der Waals surface area contributed by atoms with E-state index in [1.165, 1.54) is 32.1 Å². The molecule has 0 amide bonds. The van der Waals surface area contributed by atoms with Crippen molar-refractivity contribution in [1.82, 2.24) is 0 Å². The molecule has 0 unspecified atom stereocenters. The molecule has 1 aliphatic rings. The summed E-state index contributed by atoms with van der Waals surface area (Å²) in [5.74, 6) is 0.851. The van der Waals surface area contributed by atoms with Gasteiger partial charge in [0.1, 0.15) is 0 Å². The molecular formula is C13H26OSi. The maximum absolute atomic E-state index is 5.85. The molecule has 88 valence electrons. The third-order valence-electron chi connectivity index (χ3n) is 3.17. The number of hydrogen-bond acceptors (Lipinski definition) is 1. The summed E-state index contributed by atoms with van der Waals surface area (Å²) in [6, 6.07) is 0. The van der Waals surface area contributed by atoms with E-state index in [0.717, 1.165) is 12.5 Å². The molecule has 0 saturated heterocycles. The highest BCUT2D eigenvalue weighted by atomic mass is 28.4. The first-order valence-electron chi connectivity index (χ1n) is 6.29. The van der Waals surface area contributed by atoms with E-state index in [1.807, 2.05) is 0 Å². The minimum absolute atomic E-state index is 0.831. The molecule has 0 bridgehead atoms. The van der Waals surface area contributed by atoms with Crippen LogP contribution in [0.2, 0.25) is 19.6 Å². The molecule has 0 N–H and O–H groups in total. The first-order valence-corrected chi connectivity index (χ1v) is 9.70. The lowest BCUT2D eigenvalue weighted by molar-refractivity contribution is 0.350. The fourth-order valence-corrected chi connectivity index (χ4v) is 2.73. The monoisotopic (exact) mass is 226 g/mol. The van der Waals surface area contributed by atoms with Gasteiger partial charge in [0.15, 0.2) is 8.32 Å². The second-order valence-electron chi connectivity index (χ2n) is 5.71. The molecule has 0 spiro atoms. The van der Waals surface area contributed by atoms with Crippen LogP contribution in [-0.4, -0.2) is 14.9 Å². The zero-order valence-electron chi connectivity index (χ0n) is 10.8. The Morgan fingerprint density at radius 3 is 2.33 bits per heavy atom. The van der Waals surface area contributed by atoms with Crippen molar-refractivity contribution in [3.8, 4) is 0 Å². The predicted octanol–water partition coefficient (Wildman–Crippen LogP) is 4.36. The van der Waals surface area contributed by atoms with Gasteiger partial charge >= 0.3 is 0 Å². The average molecular weight is 226 g/mol. The largest absolute Gasteiger partial charge is 0.414 e. The molecule has 0 heterocycles. The van der Waals surface area contributed by atoms with Crippen molar-refractivity contribution >= 4 is 8.32 Å². The molecule has 2 heteroatoms. The molecule has 1 rings (SSSR count). The molecule has 0 radical (unpaired) electrons. The van der Waals surface area contributed by atoms with E-state index < -0.39 is 8.32 Å². The van der Waals surface area contributed by atoms with Crippen LogP contribution in [0.25, 0.3) is 0 Å². The summed E-state index contributed by atoms with van der Waals surface area (Å²) in [5.41, 5.74) is 1.56. The van der Waals surface area contributed by atoms with E-state index in [2.05, 4.69) is 32.6 Å². The normalized spacial score (nSPS) is 20.7. The summed E-state index contributed by atoms with van der Waals surface area (Å²) in [6.07, 6.45) is 9.39. The van der Waals surface area contributed by atoms with E-state index in [9.17, 15) is 0 Å². The maximum atomic E-state index is 5.85. The van der Waals surface area contributed by atoms with Gasteiger partial charge in [-0.15, -0.1) is 0 Å². The average Bonchev–Trinajstić information content (AvgIpc) is 2.17. The Morgan fingerprint density at radius 2 is 1.80 bits per heavy atom. The summed E-state index contributed by atoms with van der Waals surface area (Å²) in [7, 11) is -1.32. The van der Waals surface area contributed by atoms with Gasteiger partial charge in [0.25, 0.3) is 0 Å². The van der Waals surface area contributed by atoms with Gasteiger partial charge in [0.05, 0.1) is 6.61 Å². The Balaban J connectivity index is 2.31. The highest BCUT2D eigenvalue weighted by Gasteiger charge is 2.16. The van der Waals surface area contributed by atoms with Crippen LogP contribution in [0.15, 0.2) is 11.6 Å². The second-order valence-corrected chi connectivity index (χ2v) is 10.2. The SMILES string of the molecule is C/C(=C\CO[Si](C)(C)C)C1CCCCC1. The van der Waals surface area contributed by atoms with Crippen LogP contribution in [0.3, 0.4) is 0 Å². The third-order valence-corrected chi connectivity index (χ3v) is 4.20. The first kappa shape index (κ1) is 13.0. The highest BCUT2D eigenvalue weighted by molar-refractivity contribution is 6.69. The second kappa shape index (κ2) is 5.85. The van der Waals surface area contributed by atoms with Crippen molar-refractivity contribution in [2.45, 2.75) is 58.7 Å². The first-order chi connectivity index (χ1) is 6.99. The van der Waals surface area contributed by atoms with Crippen LogP contribution in [0, 0.1) is 5.92 Å². The molecule has 1 fully saturated rings. The van der Waals surface area contributed by atoms with E-state index in [4.69, 9.17) is 4.43 Å². The van der Waals surface area contributed by atoms with Crippen molar-refractivity contribution in [2.75, 3.05) is 6.61 Å². The Morgan fingerprint density at radius 1 is 1.20 bits per heavy atom. The van der Waals surface area contributed by atoms with Gasteiger partial charge in [-0.25, -0.2) is 0 Å². The fourth-order valence-electron chi connectivity index (χ4n) is 2.15. The van der Waals surface area contributed by atoms with Gasteiger partial charge in [-0.3, -0.25) is 0 Å².